The molecule has 0 atom stereocenters. The summed E-state index contributed by atoms with van der Waals surface area (Å²) in [7, 11) is 0. The maximum absolute atomic E-state index is 10.0. The third kappa shape index (κ3) is 1.08. The summed E-state index contributed by atoms with van der Waals surface area (Å²) in [5, 5.41) is 11.8. The summed E-state index contributed by atoms with van der Waals surface area (Å²) in [6.45, 7) is 0. The van der Waals surface area contributed by atoms with Gasteiger partial charge in [0.1, 0.15) is 0 Å². The van der Waals surface area contributed by atoms with Crippen molar-refractivity contribution in [2.45, 2.75) is 18.4 Å². The first-order valence-corrected chi connectivity index (χ1v) is 5.06. The van der Waals surface area contributed by atoms with Gasteiger partial charge in [-0.2, -0.15) is 0 Å². The molecule has 2 N–H and O–H groups in total. The molecular weight excluding hydrogens is 198 g/mol. The Hall–Kier alpha value is -0.990. The van der Waals surface area contributed by atoms with Crippen LogP contribution in [-0.2, 0) is 5.60 Å². The van der Waals surface area contributed by atoms with Crippen LogP contribution in [0.4, 0.5) is 0 Å². The average Bonchev–Trinajstić information content (AvgIpc) is 2.77. The van der Waals surface area contributed by atoms with Crippen molar-refractivity contribution in [3.05, 3.63) is 35.0 Å². The zero-order chi connectivity index (χ0) is 9.76. The lowest BCUT2D eigenvalue weighted by molar-refractivity contribution is 0.153. The van der Waals surface area contributed by atoms with Crippen LogP contribution in [0.1, 0.15) is 18.4 Å². The van der Waals surface area contributed by atoms with Crippen molar-refractivity contribution in [2.24, 2.45) is 0 Å². The van der Waals surface area contributed by atoms with Crippen LogP contribution in [-0.4, -0.2) is 10.1 Å². The zero-order valence-corrected chi connectivity index (χ0v) is 8.30. The molecule has 14 heavy (non-hydrogen) atoms. The number of H-pyrrole nitrogens is 1. The molecule has 2 nitrogen and oxygen atoms in total. The molecule has 1 fully saturated rings. The smallest absolute Gasteiger partial charge is 0.0919 e. The van der Waals surface area contributed by atoms with E-state index in [0.29, 0.717) is 5.02 Å². The highest BCUT2D eigenvalue weighted by atomic mass is 35.5. The second kappa shape index (κ2) is 2.53. The molecule has 3 heteroatoms. The average molecular weight is 208 g/mol. The summed E-state index contributed by atoms with van der Waals surface area (Å²) in [6.07, 6.45) is 3.61. The zero-order valence-electron chi connectivity index (χ0n) is 7.55. The number of aromatic amines is 1. The van der Waals surface area contributed by atoms with Crippen molar-refractivity contribution in [3.63, 3.8) is 0 Å². The number of aromatic nitrogens is 1. The van der Waals surface area contributed by atoms with Gasteiger partial charge in [0.05, 0.1) is 5.60 Å². The molecule has 0 saturated heterocycles. The number of hydrogen-bond donors (Lipinski definition) is 2. The van der Waals surface area contributed by atoms with Crippen molar-refractivity contribution >= 4 is 22.5 Å². The van der Waals surface area contributed by atoms with Gasteiger partial charge in [0.2, 0.25) is 0 Å². The van der Waals surface area contributed by atoms with Crippen LogP contribution in [0.3, 0.4) is 0 Å². The highest BCUT2D eigenvalue weighted by Gasteiger charge is 2.43. The molecule has 0 amide bonds. The highest BCUT2D eigenvalue weighted by Crippen LogP contribution is 2.47. The maximum Gasteiger partial charge on any atom is 0.0919 e. The highest BCUT2D eigenvalue weighted by molar-refractivity contribution is 6.31. The lowest BCUT2D eigenvalue weighted by atomic mass is 10.1. The second-order valence-electron chi connectivity index (χ2n) is 3.92. The summed E-state index contributed by atoms with van der Waals surface area (Å²) in [5.74, 6) is 0. The monoisotopic (exact) mass is 207 g/mol. The van der Waals surface area contributed by atoms with Crippen LogP contribution in [0, 0.1) is 0 Å². The summed E-state index contributed by atoms with van der Waals surface area (Å²) in [4.78, 5) is 3.13. The number of halogens is 1. The summed E-state index contributed by atoms with van der Waals surface area (Å²) in [5.41, 5.74) is 1.42. The van der Waals surface area contributed by atoms with Gasteiger partial charge in [0, 0.05) is 27.7 Å². The molecule has 0 aliphatic heterocycles. The first-order valence-electron chi connectivity index (χ1n) is 4.69. The number of hydrogen-bond acceptors (Lipinski definition) is 1. The van der Waals surface area contributed by atoms with E-state index in [-0.39, 0.29) is 0 Å². The largest absolute Gasteiger partial charge is 0.385 e. The van der Waals surface area contributed by atoms with Crippen LogP contribution in [0.15, 0.2) is 24.4 Å². The van der Waals surface area contributed by atoms with Crippen LogP contribution in [0.2, 0.25) is 5.02 Å². The Bertz CT molecular complexity index is 499. The van der Waals surface area contributed by atoms with Crippen molar-refractivity contribution < 1.29 is 5.11 Å². The molecule has 1 heterocycles. The number of aliphatic hydroxyl groups is 1. The fourth-order valence-corrected chi connectivity index (χ4v) is 2.04. The molecule has 3 rings (SSSR count). The van der Waals surface area contributed by atoms with Crippen LogP contribution < -0.4 is 0 Å². The van der Waals surface area contributed by atoms with Gasteiger partial charge in [-0.15, -0.1) is 0 Å². The standard InChI is InChI=1S/C11H10ClNO/c12-7-1-2-8-9(11(14)3-4-11)6-13-10(8)5-7/h1-2,5-6,13-14H,3-4H2. The SMILES string of the molecule is OC1(c2c[nH]c3cc(Cl)ccc23)CC1. The van der Waals surface area contributed by atoms with Crippen LogP contribution in [0.25, 0.3) is 10.9 Å². The molecule has 0 unspecified atom stereocenters. The number of rotatable bonds is 1. The topological polar surface area (TPSA) is 36.0 Å². The van der Waals surface area contributed by atoms with Crippen LogP contribution in [0.5, 0.6) is 0 Å². The van der Waals surface area contributed by atoms with Gasteiger partial charge in [0.25, 0.3) is 0 Å². The van der Waals surface area contributed by atoms with Crippen LogP contribution >= 0.6 is 11.6 Å². The van der Waals surface area contributed by atoms with Gasteiger partial charge in [-0.05, 0) is 25.0 Å². The van der Waals surface area contributed by atoms with E-state index in [9.17, 15) is 5.11 Å². The van der Waals surface area contributed by atoms with Crippen molar-refractivity contribution in [1.82, 2.24) is 4.98 Å². The van der Waals surface area contributed by atoms with Gasteiger partial charge in [-0.3, -0.25) is 0 Å². The quantitative estimate of drug-likeness (QED) is 0.741. The minimum absolute atomic E-state index is 0.577. The van der Waals surface area contributed by atoms with Crippen molar-refractivity contribution in [3.8, 4) is 0 Å². The molecule has 2 aromatic rings. The Balaban J connectivity index is 2.27. The molecule has 0 bridgehead atoms. The minimum atomic E-state index is -0.577. The predicted octanol–water partition coefficient (Wildman–Crippen LogP) is 2.80. The second-order valence-corrected chi connectivity index (χ2v) is 4.36. The third-order valence-corrected chi connectivity index (χ3v) is 3.10. The third-order valence-electron chi connectivity index (χ3n) is 2.87. The summed E-state index contributed by atoms with van der Waals surface area (Å²) in [6, 6.07) is 5.69. The molecule has 1 aromatic carbocycles. The van der Waals surface area contributed by atoms with Gasteiger partial charge in [-0.1, -0.05) is 17.7 Å². The lowest BCUT2D eigenvalue weighted by Gasteiger charge is -2.04. The Morgan fingerprint density at radius 2 is 2.14 bits per heavy atom. The number of nitrogens with one attached hydrogen (secondary N) is 1. The van der Waals surface area contributed by atoms with E-state index in [2.05, 4.69) is 4.98 Å². The number of fused-ring (bicyclic) bond motifs is 1. The first kappa shape index (κ1) is 8.33. The molecule has 72 valence electrons. The van der Waals surface area contributed by atoms with Gasteiger partial charge < -0.3 is 10.1 Å². The molecule has 1 aliphatic rings. The van der Waals surface area contributed by atoms with Crippen molar-refractivity contribution in [1.29, 1.82) is 0 Å². The molecule has 1 saturated carbocycles. The van der Waals surface area contributed by atoms with E-state index in [1.165, 1.54) is 0 Å². The molecule has 0 radical (unpaired) electrons. The van der Waals surface area contributed by atoms with Gasteiger partial charge in [0.15, 0.2) is 0 Å². The maximum atomic E-state index is 10.0. The van der Waals surface area contributed by atoms with Gasteiger partial charge in [-0.25, -0.2) is 0 Å². The normalized spacial score (nSPS) is 18.7. The van der Waals surface area contributed by atoms with E-state index in [0.717, 1.165) is 29.3 Å². The lowest BCUT2D eigenvalue weighted by Crippen LogP contribution is -2.02. The molecular formula is C11H10ClNO. The van der Waals surface area contributed by atoms with E-state index in [1.807, 2.05) is 24.4 Å². The summed E-state index contributed by atoms with van der Waals surface area (Å²) >= 11 is 5.88. The first-order chi connectivity index (χ1) is 6.69. The molecule has 1 aromatic heterocycles. The predicted molar refractivity (Wildman–Crippen MR) is 56.4 cm³/mol. The Morgan fingerprint density at radius 1 is 1.36 bits per heavy atom. The van der Waals surface area contributed by atoms with E-state index < -0.39 is 5.60 Å². The Kier molecular flexibility index (Phi) is 1.50. The van der Waals surface area contributed by atoms with E-state index >= 15 is 0 Å². The molecule has 1 aliphatic carbocycles. The summed E-state index contributed by atoms with van der Waals surface area (Å²) < 4.78 is 0. The Labute approximate surface area is 86.5 Å². The van der Waals surface area contributed by atoms with E-state index in [4.69, 9.17) is 11.6 Å². The van der Waals surface area contributed by atoms with E-state index in [1.54, 1.807) is 0 Å². The Morgan fingerprint density at radius 3 is 2.86 bits per heavy atom. The number of benzene rings is 1. The fourth-order valence-electron chi connectivity index (χ4n) is 1.87. The minimum Gasteiger partial charge on any atom is -0.385 e. The van der Waals surface area contributed by atoms with Gasteiger partial charge >= 0.3 is 0 Å². The fraction of sp³-hybridized carbons (Fsp3) is 0.273. The van der Waals surface area contributed by atoms with Crippen molar-refractivity contribution in [2.75, 3.05) is 0 Å². The molecule has 0 spiro atoms.